The summed E-state index contributed by atoms with van der Waals surface area (Å²) in [7, 11) is 0. The first kappa shape index (κ1) is 19.7. The van der Waals surface area contributed by atoms with Gasteiger partial charge in [-0.3, -0.25) is 9.59 Å². The molecule has 0 aliphatic carbocycles. The van der Waals surface area contributed by atoms with Crippen LogP contribution in [-0.2, 0) is 17.6 Å². The molecule has 7 heteroatoms. The zero-order valence-electron chi connectivity index (χ0n) is 15.4. The van der Waals surface area contributed by atoms with Crippen LogP contribution in [0.15, 0.2) is 53.4 Å². The molecule has 0 atom stereocenters. The van der Waals surface area contributed by atoms with Crippen LogP contribution in [0.5, 0.6) is 0 Å². The lowest BCUT2D eigenvalue weighted by molar-refractivity contribution is -0.115. The lowest BCUT2D eigenvalue weighted by Crippen LogP contribution is -2.26. The SMILES string of the molecule is Cc1ccc(C(=O)NCCc2cscn2)cc1NC(=O)Cc1ccccc1F. The number of anilines is 1. The van der Waals surface area contributed by atoms with Gasteiger partial charge in [0.25, 0.3) is 5.91 Å². The molecule has 144 valence electrons. The summed E-state index contributed by atoms with van der Waals surface area (Å²) < 4.78 is 13.7. The van der Waals surface area contributed by atoms with Gasteiger partial charge in [-0.15, -0.1) is 11.3 Å². The third-order valence-electron chi connectivity index (χ3n) is 4.23. The average Bonchev–Trinajstić information content (AvgIpc) is 3.19. The second-order valence-electron chi connectivity index (χ2n) is 6.33. The molecular formula is C21H20FN3O2S. The van der Waals surface area contributed by atoms with E-state index >= 15 is 0 Å². The highest BCUT2D eigenvalue weighted by Crippen LogP contribution is 2.18. The minimum absolute atomic E-state index is 0.0732. The quantitative estimate of drug-likeness (QED) is 0.638. The third kappa shape index (κ3) is 5.23. The molecule has 1 aromatic heterocycles. The molecule has 0 saturated heterocycles. The fourth-order valence-electron chi connectivity index (χ4n) is 2.67. The predicted octanol–water partition coefficient (Wildman–Crippen LogP) is 3.74. The van der Waals surface area contributed by atoms with E-state index < -0.39 is 5.82 Å². The predicted molar refractivity (Wildman–Crippen MR) is 108 cm³/mol. The van der Waals surface area contributed by atoms with Crippen LogP contribution < -0.4 is 10.6 Å². The van der Waals surface area contributed by atoms with Crippen molar-refractivity contribution in [1.82, 2.24) is 10.3 Å². The Morgan fingerprint density at radius 2 is 2.00 bits per heavy atom. The van der Waals surface area contributed by atoms with Gasteiger partial charge >= 0.3 is 0 Å². The molecule has 3 aromatic rings. The summed E-state index contributed by atoms with van der Waals surface area (Å²) in [5.41, 5.74) is 4.83. The number of carbonyl (C=O) groups excluding carboxylic acids is 2. The number of amides is 2. The number of halogens is 1. The van der Waals surface area contributed by atoms with Crippen molar-refractivity contribution in [3.8, 4) is 0 Å². The smallest absolute Gasteiger partial charge is 0.251 e. The lowest BCUT2D eigenvalue weighted by atomic mass is 10.1. The van der Waals surface area contributed by atoms with E-state index in [0.29, 0.717) is 29.8 Å². The zero-order chi connectivity index (χ0) is 19.9. The van der Waals surface area contributed by atoms with E-state index in [1.54, 1.807) is 41.9 Å². The van der Waals surface area contributed by atoms with Crippen LogP contribution in [0, 0.1) is 12.7 Å². The first-order chi connectivity index (χ1) is 13.5. The molecule has 0 fully saturated rings. The van der Waals surface area contributed by atoms with Crippen LogP contribution in [0.4, 0.5) is 10.1 Å². The van der Waals surface area contributed by atoms with E-state index in [9.17, 15) is 14.0 Å². The molecule has 0 spiro atoms. The summed E-state index contributed by atoms with van der Waals surface area (Å²) in [5.74, 6) is -0.975. The molecule has 0 bridgehead atoms. The zero-order valence-corrected chi connectivity index (χ0v) is 16.2. The van der Waals surface area contributed by atoms with Crippen molar-refractivity contribution in [2.75, 3.05) is 11.9 Å². The van der Waals surface area contributed by atoms with Gasteiger partial charge in [0.05, 0.1) is 17.6 Å². The summed E-state index contributed by atoms with van der Waals surface area (Å²) in [6.45, 7) is 2.31. The number of nitrogens with one attached hydrogen (secondary N) is 2. The molecule has 0 saturated carbocycles. The number of hydrogen-bond donors (Lipinski definition) is 2. The maximum atomic E-state index is 13.7. The van der Waals surface area contributed by atoms with Crippen LogP contribution in [0.1, 0.15) is 27.2 Å². The van der Waals surface area contributed by atoms with Crippen molar-refractivity contribution < 1.29 is 14.0 Å². The summed E-state index contributed by atoms with van der Waals surface area (Å²) in [4.78, 5) is 28.8. The van der Waals surface area contributed by atoms with Crippen LogP contribution in [0.3, 0.4) is 0 Å². The van der Waals surface area contributed by atoms with E-state index in [0.717, 1.165) is 11.3 Å². The number of carbonyl (C=O) groups is 2. The maximum absolute atomic E-state index is 13.7. The maximum Gasteiger partial charge on any atom is 0.251 e. The Bertz CT molecular complexity index is 974. The Morgan fingerprint density at radius 3 is 2.75 bits per heavy atom. The molecule has 0 aliphatic heterocycles. The Morgan fingerprint density at radius 1 is 1.18 bits per heavy atom. The third-order valence-corrected chi connectivity index (χ3v) is 4.87. The first-order valence-electron chi connectivity index (χ1n) is 8.82. The van der Waals surface area contributed by atoms with Gasteiger partial charge in [0, 0.05) is 29.6 Å². The Hall–Kier alpha value is -3.06. The molecule has 3 rings (SSSR count). The second kappa shape index (κ2) is 9.23. The first-order valence-corrected chi connectivity index (χ1v) is 9.76. The molecule has 2 amide bonds. The van der Waals surface area contributed by atoms with Gasteiger partial charge < -0.3 is 10.6 Å². The standard InChI is InChI=1S/C21H20FN3O2S/c1-14-6-7-16(21(27)23-9-8-17-12-28-13-24-17)10-19(14)25-20(26)11-15-4-2-3-5-18(15)22/h2-7,10,12-13H,8-9,11H2,1H3,(H,23,27)(H,25,26). The monoisotopic (exact) mass is 397 g/mol. The van der Waals surface area contributed by atoms with Crippen molar-refractivity contribution in [3.05, 3.63) is 81.6 Å². The molecule has 0 aliphatic rings. The van der Waals surface area contributed by atoms with Crippen LogP contribution >= 0.6 is 11.3 Å². The van der Waals surface area contributed by atoms with Gasteiger partial charge in [0.1, 0.15) is 5.82 Å². The number of thiazole rings is 1. The van der Waals surface area contributed by atoms with Gasteiger partial charge in [-0.1, -0.05) is 24.3 Å². The summed E-state index contributed by atoms with van der Waals surface area (Å²) >= 11 is 1.52. The topological polar surface area (TPSA) is 71.1 Å². The number of benzene rings is 2. The Kier molecular flexibility index (Phi) is 6.49. The summed E-state index contributed by atoms with van der Waals surface area (Å²) in [6, 6.07) is 11.3. The highest BCUT2D eigenvalue weighted by Gasteiger charge is 2.12. The van der Waals surface area contributed by atoms with Gasteiger partial charge in [0.2, 0.25) is 5.91 Å². The van der Waals surface area contributed by atoms with Gasteiger partial charge in [0.15, 0.2) is 0 Å². The van der Waals surface area contributed by atoms with E-state index in [2.05, 4.69) is 15.6 Å². The molecule has 5 nitrogen and oxygen atoms in total. The normalized spacial score (nSPS) is 10.5. The molecular weight excluding hydrogens is 377 g/mol. The van der Waals surface area contributed by atoms with Crippen LogP contribution in [0.25, 0.3) is 0 Å². The van der Waals surface area contributed by atoms with E-state index in [1.807, 2.05) is 12.3 Å². The number of aryl methyl sites for hydroxylation is 1. The van der Waals surface area contributed by atoms with E-state index in [4.69, 9.17) is 0 Å². The average molecular weight is 397 g/mol. The van der Waals surface area contributed by atoms with Crippen molar-refractivity contribution >= 4 is 28.8 Å². The highest BCUT2D eigenvalue weighted by atomic mass is 32.1. The van der Waals surface area contributed by atoms with E-state index in [-0.39, 0.29) is 18.2 Å². The number of hydrogen-bond acceptors (Lipinski definition) is 4. The summed E-state index contributed by atoms with van der Waals surface area (Å²) in [5, 5.41) is 7.56. The second-order valence-corrected chi connectivity index (χ2v) is 7.05. The largest absolute Gasteiger partial charge is 0.352 e. The van der Waals surface area contributed by atoms with Gasteiger partial charge in [-0.25, -0.2) is 9.37 Å². The number of rotatable bonds is 7. The van der Waals surface area contributed by atoms with Gasteiger partial charge in [-0.2, -0.15) is 0 Å². The fourth-order valence-corrected chi connectivity index (χ4v) is 3.27. The molecule has 2 aromatic carbocycles. The van der Waals surface area contributed by atoms with Crippen molar-refractivity contribution in [1.29, 1.82) is 0 Å². The summed E-state index contributed by atoms with van der Waals surface area (Å²) in [6.07, 6.45) is 0.587. The van der Waals surface area contributed by atoms with Crippen LogP contribution in [-0.4, -0.2) is 23.3 Å². The highest BCUT2D eigenvalue weighted by molar-refractivity contribution is 7.07. The Labute approximate surface area is 166 Å². The fraction of sp³-hybridized carbons (Fsp3) is 0.190. The number of nitrogens with zero attached hydrogens (tertiary/aromatic N) is 1. The molecule has 2 N–H and O–H groups in total. The van der Waals surface area contributed by atoms with E-state index in [1.165, 1.54) is 17.4 Å². The van der Waals surface area contributed by atoms with Crippen molar-refractivity contribution in [2.24, 2.45) is 0 Å². The molecule has 0 unspecified atom stereocenters. The number of aromatic nitrogens is 1. The molecule has 28 heavy (non-hydrogen) atoms. The minimum Gasteiger partial charge on any atom is -0.352 e. The van der Waals surface area contributed by atoms with Crippen molar-refractivity contribution in [3.63, 3.8) is 0 Å². The van der Waals surface area contributed by atoms with Crippen molar-refractivity contribution in [2.45, 2.75) is 19.8 Å². The van der Waals surface area contributed by atoms with Crippen LogP contribution in [0.2, 0.25) is 0 Å². The lowest BCUT2D eigenvalue weighted by Gasteiger charge is -2.11. The van der Waals surface area contributed by atoms with Gasteiger partial charge in [-0.05, 0) is 36.2 Å². The molecule has 1 heterocycles. The Balaban J connectivity index is 1.61. The minimum atomic E-state index is -0.414. The molecule has 0 radical (unpaired) electrons.